The summed E-state index contributed by atoms with van der Waals surface area (Å²) in [5, 5.41) is -0.313. The van der Waals surface area contributed by atoms with Crippen molar-refractivity contribution in [2.45, 2.75) is 43.6 Å². The first-order chi connectivity index (χ1) is 9.95. The standard InChI is InChI=1S/C15H23NO4S/c1-19-14-8-3-5-11(10-16)15(14)20-12-6-4-7-13(9-12)21(2,17)18/h3,5,8,12-13H,4,6-7,9-10,16H2,1-2H3. The Balaban J connectivity index is 2.18. The quantitative estimate of drug-likeness (QED) is 0.898. The van der Waals surface area contributed by atoms with Gasteiger partial charge in [-0.3, -0.25) is 0 Å². The van der Waals surface area contributed by atoms with Crippen molar-refractivity contribution >= 4 is 9.84 Å². The highest BCUT2D eigenvalue weighted by atomic mass is 32.2. The van der Waals surface area contributed by atoms with Crippen molar-refractivity contribution in [2.75, 3.05) is 13.4 Å². The van der Waals surface area contributed by atoms with Crippen LogP contribution in [0.25, 0.3) is 0 Å². The van der Waals surface area contributed by atoms with Crippen molar-refractivity contribution < 1.29 is 17.9 Å². The predicted octanol–water partition coefficient (Wildman–Crippen LogP) is 1.89. The lowest BCUT2D eigenvalue weighted by Gasteiger charge is -2.29. The van der Waals surface area contributed by atoms with Crippen LogP contribution in [-0.4, -0.2) is 33.1 Å². The Kier molecular flexibility index (Phi) is 5.11. The van der Waals surface area contributed by atoms with Gasteiger partial charge in [0, 0.05) is 24.8 Å². The van der Waals surface area contributed by atoms with E-state index in [9.17, 15) is 8.42 Å². The zero-order chi connectivity index (χ0) is 15.5. The Bertz CT molecular complexity index is 563. The second-order valence-corrected chi connectivity index (χ2v) is 7.84. The van der Waals surface area contributed by atoms with Crippen LogP contribution in [0.3, 0.4) is 0 Å². The molecule has 1 aliphatic carbocycles. The molecule has 2 rings (SSSR count). The Labute approximate surface area is 126 Å². The largest absolute Gasteiger partial charge is 0.493 e. The van der Waals surface area contributed by atoms with Gasteiger partial charge in [-0.1, -0.05) is 12.1 Å². The van der Waals surface area contributed by atoms with Gasteiger partial charge in [-0.25, -0.2) is 8.42 Å². The molecule has 118 valence electrons. The SMILES string of the molecule is COc1cccc(CN)c1OC1CCCC(S(C)(=O)=O)C1. The van der Waals surface area contributed by atoms with Crippen LogP contribution < -0.4 is 15.2 Å². The molecule has 5 nitrogen and oxygen atoms in total. The van der Waals surface area contributed by atoms with Crippen LogP contribution in [0, 0.1) is 0 Å². The first-order valence-corrected chi connectivity index (χ1v) is 9.12. The summed E-state index contributed by atoms with van der Waals surface area (Å²) in [5.41, 5.74) is 6.62. The summed E-state index contributed by atoms with van der Waals surface area (Å²) in [7, 11) is -1.43. The maximum absolute atomic E-state index is 11.7. The molecule has 1 aromatic carbocycles. The molecule has 21 heavy (non-hydrogen) atoms. The lowest BCUT2D eigenvalue weighted by molar-refractivity contribution is 0.149. The minimum absolute atomic E-state index is 0.111. The van der Waals surface area contributed by atoms with Crippen LogP contribution in [0.2, 0.25) is 0 Å². The topological polar surface area (TPSA) is 78.6 Å². The van der Waals surface area contributed by atoms with E-state index in [1.165, 1.54) is 6.26 Å². The molecule has 0 saturated heterocycles. The molecule has 0 aromatic heterocycles. The molecule has 0 heterocycles. The van der Waals surface area contributed by atoms with Crippen LogP contribution in [0.4, 0.5) is 0 Å². The third-order valence-electron chi connectivity index (χ3n) is 3.97. The summed E-state index contributed by atoms with van der Waals surface area (Å²) in [5.74, 6) is 1.28. The van der Waals surface area contributed by atoms with Crippen molar-refractivity contribution in [3.63, 3.8) is 0 Å². The van der Waals surface area contributed by atoms with Crippen molar-refractivity contribution in [1.82, 2.24) is 0 Å². The summed E-state index contributed by atoms with van der Waals surface area (Å²) < 4.78 is 34.8. The third kappa shape index (κ3) is 3.89. The van der Waals surface area contributed by atoms with Gasteiger partial charge in [-0.2, -0.15) is 0 Å². The van der Waals surface area contributed by atoms with Crippen molar-refractivity contribution in [2.24, 2.45) is 5.73 Å². The molecule has 2 N–H and O–H groups in total. The average molecular weight is 313 g/mol. The van der Waals surface area contributed by atoms with E-state index in [0.29, 0.717) is 30.9 Å². The molecule has 2 unspecified atom stereocenters. The summed E-state index contributed by atoms with van der Waals surface area (Å²) >= 11 is 0. The minimum atomic E-state index is -3.02. The zero-order valence-electron chi connectivity index (χ0n) is 12.5. The number of rotatable bonds is 5. The highest BCUT2D eigenvalue weighted by molar-refractivity contribution is 7.91. The summed E-state index contributed by atoms with van der Waals surface area (Å²) in [6.45, 7) is 0.356. The van der Waals surface area contributed by atoms with E-state index in [-0.39, 0.29) is 11.4 Å². The minimum Gasteiger partial charge on any atom is -0.493 e. The average Bonchev–Trinajstić information content (AvgIpc) is 2.47. The van der Waals surface area contributed by atoms with Crippen LogP contribution in [0.5, 0.6) is 11.5 Å². The summed E-state index contributed by atoms with van der Waals surface area (Å²) in [4.78, 5) is 0. The van der Waals surface area contributed by atoms with E-state index >= 15 is 0 Å². The van der Waals surface area contributed by atoms with Crippen molar-refractivity contribution in [1.29, 1.82) is 0 Å². The maximum Gasteiger partial charge on any atom is 0.166 e. The summed E-state index contributed by atoms with van der Waals surface area (Å²) in [6.07, 6.45) is 4.15. The number of methoxy groups -OCH3 is 1. The van der Waals surface area contributed by atoms with Crippen LogP contribution in [0.15, 0.2) is 18.2 Å². The molecular formula is C15H23NO4S. The van der Waals surface area contributed by atoms with Gasteiger partial charge in [-0.15, -0.1) is 0 Å². The summed E-state index contributed by atoms with van der Waals surface area (Å²) in [6, 6.07) is 5.59. The molecule has 0 radical (unpaired) electrons. The molecule has 2 atom stereocenters. The van der Waals surface area contributed by atoms with Gasteiger partial charge in [0.2, 0.25) is 0 Å². The highest BCUT2D eigenvalue weighted by Gasteiger charge is 2.30. The van der Waals surface area contributed by atoms with Gasteiger partial charge in [0.1, 0.15) is 15.9 Å². The number of ether oxygens (including phenoxy) is 2. The van der Waals surface area contributed by atoms with E-state index < -0.39 is 9.84 Å². The van der Waals surface area contributed by atoms with Crippen molar-refractivity contribution in [3.8, 4) is 11.5 Å². The molecular weight excluding hydrogens is 290 g/mol. The molecule has 1 saturated carbocycles. The molecule has 1 aliphatic rings. The predicted molar refractivity (Wildman–Crippen MR) is 82.4 cm³/mol. The van der Waals surface area contributed by atoms with Gasteiger partial charge in [0.15, 0.2) is 11.5 Å². The lowest BCUT2D eigenvalue weighted by atomic mass is 9.97. The Hall–Kier alpha value is -1.27. The van der Waals surface area contributed by atoms with Gasteiger partial charge < -0.3 is 15.2 Å². The third-order valence-corrected chi connectivity index (χ3v) is 5.61. The normalized spacial score (nSPS) is 22.8. The smallest absolute Gasteiger partial charge is 0.166 e. The fourth-order valence-electron chi connectivity index (χ4n) is 2.78. The number of hydrogen-bond donors (Lipinski definition) is 1. The number of sulfone groups is 1. The fraction of sp³-hybridized carbons (Fsp3) is 0.600. The van der Waals surface area contributed by atoms with E-state index in [4.69, 9.17) is 15.2 Å². The number of benzene rings is 1. The lowest BCUT2D eigenvalue weighted by Crippen LogP contribution is -2.33. The molecule has 0 aliphatic heterocycles. The van der Waals surface area contributed by atoms with Crippen LogP contribution in [-0.2, 0) is 16.4 Å². The fourth-order valence-corrected chi connectivity index (χ4v) is 3.94. The molecule has 1 fully saturated rings. The van der Waals surface area contributed by atoms with Crippen LogP contribution >= 0.6 is 0 Å². The first kappa shape index (κ1) is 16.1. The van der Waals surface area contributed by atoms with E-state index in [1.54, 1.807) is 7.11 Å². The first-order valence-electron chi connectivity index (χ1n) is 7.17. The van der Waals surface area contributed by atoms with E-state index in [2.05, 4.69) is 0 Å². The van der Waals surface area contributed by atoms with Crippen LogP contribution in [0.1, 0.15) is 31.2 Å². The van der Waals surface area contributed by atoms with Gasteiger partial charge in [0.25, 0.3) is 0 Å². The monoisotopic (exact) mass is 313 g/mol. The Morgan fingerprint density at radius 3 is 2.71 bits per heavy atom. The second-order valence-electron chi connectivity index (χ2n) is 5.51. The van der Waals surface area contributed by atoms with E-state index in [0.717, 1.165) is 18.4 Å². The maximum atomic E-state index is 11.7. The van der Waals surface area contributed by atoms with Gasteiger partial charge >= 0.3 is 0 Å². The zero-order valence-corrected chi connectivity index (χ0v) is 13.4. The van der Waals surface area contributed by atoms with E-state index in [1.807, 2.05) is 18.2 Å². The number of hydrogen-bond acceptors (Lipinski definition) is 5. The second kappa shape index (κ2) is 6.66. The molecule has 1 aromatic rings. The van der Waals surface area contributed by atoms with Gasteiger partial charge in [0.05, 0.1) is 12.4 Å². The Morgan fingerprint density at radius 2 is 2.10 bits per heavy atom. The Morgan fingerprint density at radius 1 is 1.33 bits per heavy atom. The molecule has 6 heteroatoms. The highest BCUT2D eigenvalue weighted by Crippen LogP contribution is 2.35. The van der Waals surface area contributed by atoms with Gasteiger partial charge in [-0.05, 0) is 25.3 Å². The molecule has 0 spiro atoms. The molecule has 0 bridgehead atoms. The number of nitrogens with two attached hydrogens (primary N) is 1. The number of para-hydroxylation sites is 1. The van der Waals surface area contributed by atoms with Crippen molar-refractivity contribution in [3.05, 3.63) is 23.8 Å². The molecule has 0 amide bonds.